The molecule has 4 nitrogen and oxygen atoms in total. The molecule has 4 heteroatoms. The summed E-state index contributed by atoms with van der Waals surface area (Å²) in [5.41, 5.74) is 5.95. The number of rotatable bonds is 6. The number of nitrogens with zero attached hydrogens (tertiary/aromatic N) is 1. The molecule has 0 unspecified atom stereocenters. The van der Waals surface area contributed by atoms with Crippen LogP contribution in [-0.2, 0) is 4.79 Å². The molecule has 0 atom stereocenters. The Morgan fingerprint density at radius 3 is 2.62 bits per heavy atom. The van der Waals surface area contributed by atoms with Gasteiger partial charge in [0.1, 0.15) is 12.0 Å². The summed E-state index contributed by atoms with van der Waals surface area (Å²) in [4.78, 5) is 16.4. The van der Waals surface area contributed by atoms with E-state index in [1.807, 2.05) is 24.3 Å². The second kappa shape index (κ2) is 8.00. The summed E-state index contributed by atoms with van der Waals surface area (Å²) in [6, 6.07) is 13.9. The van der Waals surface area contributed by atoms with Crippen LogP contribution in [0.3, 0.4) is 0 Å². The van der Waals surface area contributed by atoms with E-state index in [2.05, 4.69) is 49.3 Å². The Bertz CT molecular complexity index is 895. The molecule has 0 aliphatic rings. The van der Waals surface area contributed by atoms with Crippen LogP contribution in [0.25, 0.3) is 22.7 Å². The zero-order valence-electron chi connectivity index (χ0n) is 15.5. The number of oxazole rings is 1. The first-order chi connectivity index (χ1) is 12.6. The van der Waals surface area contributed by atoms with E-state index in [1.54, 1.807) is 6.26 Å². The molecule has 134 valence electrons. The average Bonchev–Trinajstić information content (AvgIpc) is 3.12. The maximum absolute atomic E-state index is 11.8. The molecular formula is C22H24N2O2. The van der Waals surface area contributed by atoms with Gasteiger partial charge in [0.25, 0.3) is 0 Å². The summed E-state index contributed by atoms with van der Waals surface area (Å²) in [5.74, 6) is 0.623. The minimum atomic E-state index is 0.0490. The van der Waals surface area contributed by atoms with Crippen LogP contribution in [0.2, 0.25) is 0 Å². The van der Waals surface area contributed by atoms with Crippen LogP contribution in [0.1, 0.15) is 37.3 Å². The Morgan fingerprint density at radius 1 is 1.12 bits per heavy atom. The maximum Gasteiger partial charge on any atom is 0.226 e. The quantitative estimate of drug-likeness (QED) is 0.616. The fourth-order valence-corrected chi connectivity index (χ4v) is 2.80. The van der Waals surface area contributed by atoms with E-state index in [9.17, 15) is 4.79 Å². The van der Waals surface area contributed by atoms with E-state index in [1.165, 1.54) is 11.1 Å². The third kappa shape index (κ3) is 4.20. The Morgan fingerprint density at radius 2 is 1.88 bits per heavy atom. The van der Waals surface area contributed by atoms with Crippen molar-refractivity contribution in [3.05, 3.63) is 59.9 Å². The van der Waals surface area contributed by atoms with Gasteiger partial charge in [-0.3, -0.25) is 4.79 Å². The molecule has 0 fully saturated rings. The molecular weight excluding hydrogens is 324 g/mol. The van der Waals surface area contributed by atoms with Crippen molar-refractivity contribution in [3.8, 4) is 22.7 Å². The zero-order valence-corrected chi connectivity index (χ0v) is 15.5. The highest BCUT2D eigenvalue weighted by atomic mass is 16.3. The summed E-state index contributed by atoms with van der Waals surface area (Å²) in [5, 5.41) is 2.91. The first-order valence-corrected chi connectivity index (χ1v) is 9.00. The third-order valence-corrected chi connectivity index (χ3v) is 4.35. The van der Waals surface area contributed by atoms with Gasteiger partial charge in [0.2, 0.25) is 11.8 Å². The SMILES string of the molecule is CCCCC(=O)Nc1ccc(-c2nc(-c3cc(C)ccc3C)co2)cc1. The van der Waals surface area contributed by atoms with Gasteiger partial charge < -0.3 is 9.73 Å². The highest BCUT2D eigenvalue weighted by Crippen LogP contribution is 2.28. The van der Waals surface area contributed by atoms with Crippen LogP contribution in [0, 0.1) is 13.8 Å². The molecule has 1 aromatic heterocycles. The molecule has 2 aromatic carbocycles. The summed E-state index contributed by atoms with van der Waals surface area (Å²) in [6.45, 7) is 6.21. The minimum Gasteiger partial charge on any atom is -0.444 e. The number of hydrogen-bond donors (Lipinski definition) is 1. The fraction of sp³-hybridized carbons (Fsp3) is 0.273. The summed E-state index contributed by atoms with van der Waals surface area (Å²) < 4.78 is 5.68. The first kappa shape index (κ1) is 17.9. The van der Waals surface area contributed by atoms with Crippen molar-refractivity contribution in [3.63, 3.8) is 0 Å². The zero-order chi connectivity index (χ0) is 18.5. The number of benzene rings is 2. The molecule has 1 heterocycles. The van der Waals surface area contributed by atoms with Gasteiger partial charge in [-0.25, -0.2) is 4.98 Å². The standard InChI is InChI=1S/C22H24N2O2/c1-4-5-6-21(25)23-18-11-9-17(10-12-18)22-24-20(14-26-22)19-13-15(2)7-8-16(19)3/h7-14H,4-6H2,1-3H3,(H,23,25). The van der Waals surface area contributed by atoms with Gasteiger partial charge >= 0.3 is 0 Å². The Hall–Kier alpha value is -2.88. The number of nitrogens with one attached hydrogen (secondary N) is 1. The van der Waals surface area contributed by atoms with Gasteiger partial charge in [0.15, 0.2) is 0 Å². The molecule has 1 amide bonds. The number of carbonyl (C=O) groups excluding carboxylic acids is 1. The lowest BCUT2D eigenvalue weighted by Gasteiger charge is -2.05. The minimum absolute atomic E-state index is 0.0490. The molecule has 3 rings (SSSR count). The Labute approximate surface area is 154 Å². The van der Waals surface area contributed by atoms with Crippen LogP contribution in [-0.4, -0.2) is 10.9 Å². The molecule has 0 saturated heterocycles. The van der Waals surface area contributed by atoms with Crippen LogP contribution >= 0.6 is 0 Å². The molecule has 0 aliphatic heterocycles. The van der Waals surface area contributed by atoms with E-state index in [0.29, 0.717) is 12.3 Å². The number of anilines is 1. The normalized spacial score (nSPS) is 10.7. The smallest absolute Gasteiger partial charge is 0.226 e. The molecule has 0 radical (unpaired) electrons. The molecule has 0 spiro atoms. The Kier molecular flexibility index (Phi) is 5.52. The number of aromatic nitrogens is 1. The van der Waals surface area contributed by atoms with Crippen molar-refractivity contribution in [1.29, 1.82) is 0 Å². The topological polar surface area (TPSA) is 55.1 Å². The van der Waals surface area contributed by atoms with E-state index < -0.39 is 0 Å². The molecule has 3 aromatic rings. The predicted molar refractivity (Wildman–Crippen MR) is 105 cm³/mol. The van der Waals surface area contributed by atoms with Gasteiger partial charge in [0.05, 0.1) is 0 Å². The summed E-state index contributed by atoms with van der Waals surface area (Å²) >= 11 is 0. The van der Waals surface area contributed by atoms with Crippen LogP contribution in [0.15, 0.2) is 53.1 Å². The van der Waals surface area contributed by atoms with Crippen molar-refractivity contribution < 1.29 is 9.21 Å². The predicted octanol–water partition coefficient (Wildman–Crippen LogP) is 5.75. The summed E-state index contributed by atoms with van der Waals surface area (Å²) in [6.07, 6.45) is 4.16. The second-order valence-electron chi connectivity index (χ2n) is 6.59. The van der Waals surface area contributed by atoms with E-state index in [4.69, 9.17) is 4.42 Å². The number of amides is 1. The van der Waals surface area contributed by atoms with Crippen LogP contribution in [0.4, 0.5) is 5.69 Å². The maximum atomic E-state index is 11.8. The Balaban J connectivity index is 1.75. The first-order valence-electron chi connectivity index (χ1n) is 9.00. The highest BCUT2D eigenvalue weighted by Gasteiger charge is 2.11. The second-order valence-corrected chi connectivity index (χ2v) is 6.59. The largest absolute Gasteiger partial charge is 0.444 e. The number of carbonyl (C=O) groups is 1. The van der Waals surface area contributed by atoms with Gasteiger partial charge in [-0.05, 0) is 56.2 Å². The monoisotopic (exact) mass is 348 g/mol. The number of aryl methyl sites for hydroxylation is 2. The van der Waals surface area contributed by atoms with Crippen molar-refractivity contribution in [2.75, 3.05) is 5.32 Å². The van der Waals surface area contributed by atoms with Crippen LogP contribution < -0.4 is 5.32 Å². The van der Waals surface area contributed by atoms with Crippen LogP contribution in [0.5, 0.6) is 0 Å². The number of unbranched alkanes of at least 4 members (excludes halogenated alkanes) is 1. The van der Waals surface area contributed by atoms with E-state index >= 15 is 0 Å². The summed E-state index contributed by atoms with van der Waals surface area (Å²) in [7, 11) is 0. The number of hydrogen-bond acceptors (Lipinski definition) is 3. The van der Waals surface area contributed by atoms with Crippen molar-refractivity contribution in [2.24, 2.45) is 0 Å². The molecule has 26 heavy (non-hydrogen) atoms. The molecule has 1 N–H and O–H groups in total. The van der Waals surface area contributed by atoms with Crippen molar-refractivity contribution >= 4 is 11.6 Å². The lowest BCUT2D eigenvalue weighted by molar-refractivity contribution is -0.116. The van der Waals surface area contributed by atoms with Gasteiger partial charge in [-0.1, -0.05) is 31.0 Å². The highest BCUT2D eigenvalue weighted by molar-refractivity contribution is 5.90. The van der Waals surface area contributed by atoms with Gasteiger partial charge in [-0.15, -0.1) is 0 Å². The van der Waals surface area contributed by atoms with Crippen molar-refractivity contribution in [1.82, 2.24) is 4.98 Å². The third-order valence-electron chi connectivity index (χ3n) is 4.35. The van der Waals surface area contributed by atoms with E-state index in [-0.39, 0.29) is 5.91 Å². The van der Waals surface area contributed by atoms with Crippen molar-refractivity contribution in [2.45, 2.75) is 40.0 Å². The molecule has 0 aliphatic carbocycles. The lowest BCUT2D eigenvalue weighted by Crippen LogP contribution is -2.10. The molecule has 0 saturated carbocycles. The van der Waals surface area contributed by atoms with E-state index in [0.717, 1.165) is 35.3 Å². The molecule has 0 bridgehead atoms. The van der Waals surface area contributed by atoms with Gasteiger partial charge in [0, 0.05) is 23.2 Å². The lowest BCUT2D eigenvalue weighted by atomic mass is 10.0. The average molecular weight is 348 g/mol. The van der Waals surface area contributed by atoms with Gasteiger partial charge in [-0.2, -0.15) is 0 Å². The fourth-order valence-electron chi connectivity index (χ4n) is 2.80.